The molecule has 2 amide bonds. The van der Waals surface area contributed by atoms with Crippen molar-refractivity contribution in [1.29, 1.82) is 0 Å². The van der Waals surface area contributed by atoms with E-state index in [0.29, 0.717) is 50.8 Å². The summed E-state index contributed by atoms with van der Waals surface area (Å²) >= 11 is 0. The van der Waals surface area contributed by atoms with Crippen LogP contribution in [0.5, 0.6) is 0 Å². The van der Waals surface area contributed by atoms with Gasteiger partial charge in [-0.25, -0.2) is 14.8 Å². The van der Waals surface area contributed by atoms with Gasteiger partial charge in [-0.15, -0.1) is 0 Å². The molecule has 0 aromatic carbocycles. The van der Waals surface area contributed by atoms with E-state index in [4.69, 9.17) is 14.5 Å². The van der Waals surface area contributed by atoms with Crippen molar-refractivity contribution in [2.45, 2.75) is 65.0 Å². The van der Waals surface area contributed by atoms with Crippen LogP contribution in [0.1, 0.15) is 64.0 Å². The second kappa shape index (κ2) is 7.23. The van der Waals surface area contributed by atoms with Crippen LogP contribution in [0.2, 0.25) is 0 Å². The molecule has 4 heterocycles. The van der Waals surface area contributed by atoms with Gasteiger partial charge >= 0.3 is 6.09 Å². The highest BCUT2D eigenvalue weighted by molar-refractivity contribution is 5.89. The maximum absolute atomic E-state index is 12.9. The predicted octanol–water partition coefficient (Wildman–Crippen LogP) is 3.00. The fourth-order valence-corrected chi connectivity index (χ4v) is 4.37. The predicted molar refractivity (Wildman–Crippen MR) is 107 cm³/mol. The topological polar surface area (TPSA) is 84.9 Å². The Morgan fingerprint density at radius 3 is 2.66 bits per heavy atom. The van der Waals surface area contributed by atoms with Gasteiger partial charge in [0.2, 0.25) is 5.91 Å². The quantitative estimate of drug-likeness (QED) is 0.756. The highest BCUT2D eigenvalue weighted by Gasteiger charge is 2.47. The molecule has 1 aromatic rings. The standard InChI is InChI=1S/C21H30N4O4/c1-14-12-16(25-13-21(29-19(25)27)7-10-28-11-8-21)23-17(22-14)15-6-5-9-24(15)18(26)20(2,3)4/h12,15H,5-11,13H2,1-4H3/t15-/m0/s1. The monoisotopic (exact) mass is 402 g/mol. The first-order valence-electron chi connectivity index (χ1n) is 10.4. The molecule has 8 nitrogen and oxygen atoms in total. The van der Waals surface area contributed by atoms with Crippen LogP contribution in [0.3, 0.4) is 0 Å². The first kappa shape index (κ1) is 20.1. The average molecular weight is 402 g/mol. The van der Waals surface area contributed by atoms with Crippen LogP contribution in [0.25, 0.3) is 0 Å². The summed E-state index contributed by atoms with van der Waals surface area (Å²) in [6.07, 6.45) is 2.78. The maximum Gasteiger partial charge on any atom is 0.416 e. The van der Waals surface area contributed by atoms with E-state index < -0.39 is 11.0 Å². The first-order chi connectivity index (χ1) is 13.7. The van der Waals surface area contributed by atoms with Gasteiger partial charge in [-0.1, -0.05) is 20.8 Å². The number of aromatic nitrogens is 2. The van der Waals surface area contributed by atoms with Crippen LogP contribution >= 0.6 is 0 Å². The van der Waals surface area contributed by atoms with Crippen molar-refractivity contribution in [3.63, 3.8) is 0 Å². The molecule has 1 atom stereocenters. The summed E-state index contributed by atoms with van der Waals surface area (Å²) in [5.74, 6) is 1.26. The van der Waals surface area contributed by atoms with E-state index >= 15 is 0 Å². The Labute approximate surface area is 171 Å². The van der Waals surface area contributed by atoms with Crippen molar-refractivity contribution < 1.29 is 19.1 Å². The average Bonchev–Trinajstić information content (AvgIpc) is 3.25. The Kier molecular flexibility index (Phi) is 5.01. The van der Waals surface area contributed by atoms with Crippen molar-refractivity contribution in [2.24, 2.45) is 5.41 Å². The molecule has 29 heavy (non-hydrogen) atoms. The van der Waals surface area contributed by atoms with Gasteiger partial charge in [-0.2, -0.15) is 0 Å². The van der Waals surface area contributed by atoms with Crippen LogP contribution in [0.4, 0.5) is 10.6 Å². The largest absolute Gasteiger partial charge is 0.440 e. The van der Waals surface area contributed by atoms with Crippen molar-refractivity contribution in [3.8, 4) is 0 Å². The van der Waals surface area contributed by atoms with E-state index in [9.17, 15) is 9.59 Å². The highest BCUT2D eigenvalue weighted by atomic mass is 16.6. The Hall–Kier alpha value is -2.22. The number of ether oxygens (including phenoxy) is 2. The third kappa shape index (κ3) is 3.82. The molecule has 4 rings (SSSR count). The van der Waals surface area contributed by atoms with E-state index in [-0.39, 0.29) is 18.0 Å². The number of hydrogen-bond donors (Lipinski definition) is 0. The van der Waals surface area contributed by atoms with Crippen LogP contribution in [-0.2, 0) is 14.3 Å². The molecule has 1 aromatic heterocycles. The second-order valence-corrected chi connectivity index (χ2v) is 9.38. The molecule has 158 valence electrons. The van der Waals surface area contributed by atoms with E-state index in [1.807, 2.05) is 38.7 Å². The number of carbonyl (C=O) groups is 2. The van der Waals surface area contributed by atoms with E-state index in [1.54, 1.807) is 4.90 Å². The fraction of sp³-hybridized carbons (Fsp3) is 0.714. The fourth-order valence-electron chi connectivity index (χ4n) is 4.37. The minimum Gasteiger partial charge on any atom is -0.440 e. The lowest BCUT2D eigenvalue weighted by Crippen LogP contribution is -2.40. The lowest BCUT2D eigenvalue weighted by atomic mass is 9.94. The number of aryl methyl sites for hydroxylation is 1. The summed E-state index contributed by atoms with van der Waals surface area (Å²) < 4.78 is 11.2. The smallest absolute Gasteiger partial charge is 0.416 e. The van der Waals surface area contributed by atoms with E-state index in [2.05, 4.69) is 4.98 Å². The van der Waals surface area contributed by atoms with Gasteiger partial charge in [-0.05, 0) is 19.8 Å². The molecule has 0 radical (unpaired) electrons. The first-order valence-corrected chi connectivity index (χ1v) is 10.4. The third-order valence-electron chi connectivity index (χ3n) is 5.96. The summed E-state index contributed by atoms with van der Waals surface area (Å²) in [6.45, 7) is 10.1. The molecule has 0 bridgehead atoms. The summed E-state index contributed by atoms with van der Waals surface area (Å²) in [5.41, 5.74) is -0.167. The van der Waals surface area contributed by atoms with E-state index in [1.165, 1.54) is 0 Å². The van der Waals surface area contributed by atoms with Crippen molar-refractivity contribution >= 4 is 17.8 Å². The third-order valence-corrected chi connectivity index (χ3v) is 5.96. The van der Waals surface area contributed by atoms with Crippen LogP contribution in [0.15, 0.2) is 6.07 Å². The molecule has 0 N–H and O–H groups in total. The van der Waals surface area contributed by atoms with Gasteiger partial charge in [0.15, 0.2) is 5.82 Å². The maximum atomic E-state index is 12.9. The summed E-state index contributed by atoms with van der Waals surface area (Å²) in [7, 11) is 0. The number of rotatable bonds is 2. The number of hydrogen-bond acceptors (Lipinski definition) is 6. The summed E-state index contributed by atoms with van der Waals surface area (Å²) in [4.78, 5) is 38.4. The minimum absolute atomic E-state index is 0.105. The Morgan fingerprint density at radius 1 is 1.24 bits per heavy atom. The molecule has 3 fully saturated rings. The molecule has 0 unspecified atom stereocenters. The molecule has 0 aliphatic carbocycles. The van der Waals surface area contributed by atoms with Crippen LogP contribution in [0, 0.1) is 12.3 Å². The molecule has 3 aliphatic rings. The zero-order chi connectivity index (χ0) is 20.8. The van der Waals surface area contributed by atoms with Crippen LogP contribution in [-0.4, -0.2) is 58.8 Å². The van der Waals surface area contributed by atoms with Crippen molar-refractivity contribution in [3.05, 3.63) is 17.6 Å². The van der Waals surface area contributed by atoms with Gasteiger partial charge in [0.05, 0.1) is 25.8 Å². The lowest BCUT2D eigenvalue weighted by molar-refractivity contribution is -0.140. The number of anilines is 1. The zero-order valence-corrected chi connectivity index (χ0v) is 17.7. The summed E-state index contributed by atoms with van der Waals surface area (Å²) in [6, 6.07) is 1.66. The molecule has 3 saturated heterocycles. The van der Waals surface area contributed by atoms with Gasteiger partial charge in [-0.3, -0.25) is 9.69 Å². The zero-order valence-electron chi connectivity index (χ0n) is 17.7. The van der Waals surface area contributed by atoms with Crippen molar-refractivity contribution in [2.75, 3.05) is 31.2 Å². The normalized spacial score (nSPS) is 24.3. The van der Waals surface area contributed by atoms with Gasteiger partial charge < -0.3 is 14.4 Å². The molecular weight excluding hydrogens is 372 g/mol. The van der Waals surface area contributed by atoms with Gasteiger partial charge in [0, 0.05) is 36.6 Å². The Bertz CT molecular complexity index is 813. The number of amides is 2. The molecule has 0 saturated carbocycles. The Morgan fingerprint density at radius 2 is 1.97 bits per heavy atom. The summed E-state index contributed by atoms with van der Waals surface area (Å²) in [5, 5.41) is 0. The Balaban J connectivity index is 1.61. The second-order valence-electron chi connectivity index (χ2n) is 9.38. The highest BCUT2D eigenvalue weighted by Crippen LogP contribution is 2.37. The molecular formula is C21H30N4O4. The SMILES string of the molecule is Cc1cc(N2CC3(CCOCC3)OC2=O)nc([C@@H]2CCCN2C(=O)C(C)(C)C)n1. The lowest BCUT2D eigenvalue weighted by Gasteiger charge is -2.31. The van der Waals surface area contributed by atoms with Crippen LogP contribution < -0.4 is 4.90 Å². The molecule has 8 heteroatoms. The van der Waals surface area contributed by atoms with Gasteiger partial charge in [0.25, 0.3) is 0 Å². The molecule has 1 spiro atoms. The minimum atomic E-state index is -0.490. The molecule has 3 aliphatic heterocycles. The van der Waals surface area contributed by atoms with E-state index in [0.717, 1.165) is 18.5 Å². The number of nitrogens with zero attached hydrogens (tertiary/aromatic N) is 4. The van der Waals surface area contributed by atoms with Gasteiger partial charge in [0.1, 0.15) is 11.4 Å². The van der Waals surface area contributed by atoms with Crippen molar-refractivity contribution in [1.82, 2.24) is 14.9 Å². The number of likely N-dealkylation sites (tertiary alicyclic amines) is 1. The number of carbonyl (C=O) groups excluding carboxylic acids is 2.